The third-order valence-electron chi connectivity index (χ3n) is 3.35. The van der Waals surface area contributed by atoms with Gasteiger partial charge in [0, 0.05) is 29.4 Å². The van der Waals surface area contributed by atoms with E-state index in [9.17, 15) is 4.79 Å². The van der Waals surface area contributed by atoms with Gasteiger partial charge >= 0.3 is 0 Å². The lowest BCUT2D eigenvalue weighted by atomic mass is 10.2. The lowest BCUT2D eigenvalue weighted by Crippen LogP contribution is -2.25. The topological polar surface area (TPSA) is 54.5 Å². The van der Waals surface area contributed by atoms with E-state index in [4.69, 9.17) is 16.3 Å². The zero-order valence-corrected chi connectivity index (χ0v) is 14.9. The number of aromatic nitrogens is 1. The molecule has 1 aliphatic rings. The number of halogens is 2. The predicted molar refractivity (Wildman–Crippen MR) is 95.0 cm³/mol. The molecule has 0 spiro atoms. The Labute approximate surface area is 150 Å². The molecule has 0 radical (unpaired) electrons. The Morgan fingerprint density at radius 3 is 2.91 bits per heavy atom. The van der Waals surface area contributed by atoms with Crippen molar-refractivity contribution in [2.75, 3.05) is 25.5 Å². The number of hydrogen-bond donors (Lipinski definition) is 1. The van der Waals surface area contributed by atoms with Gasteiger partial charge < -0.3 is 9.64 Å². The molecule has 2 heterocycles. The van der Waals surface area contributed by atoms with Crippen molar-refractivity contribution >= 4 is 46.4 Å². The Morgan fingerprint density at radius 2 is 2.17 bits per heavy atom. The first kappa shape index (κ1) is 18.0. The molecule has 1 amide bonds. The molecule has 5 nitrogen and oxygen atoms in total. The average Bonchev–Trinajstić information content (AvgIpc) is 2.88. The summed E-state index contributed by atoms with van der Waals surface area (Å²) >= 11 is 7.33. The molecule has 1 aromatic heterocycles. The summed E-state index contributed by atoms with van der Waals surface area (Å²) in [7, 11) is 2.08. The zero-order valence-electron chi connectivity index (χ0n) is 12.5. The summed E-state index contributed by atoms with van der Waals surface area (Å²) in [4.78, 5) is 19.9. The van der Waals surface area contributed by atoms with Gasteiger partial charge in [0.2, 0.25) is 0 Å². The van der Waals surface area contributed by atoms with Crippen LogP contribution in [0.2, 0.25) is 5.02 Å². The highest BCUT2D eigenvalue weighted by Crippen LogP contribution is 2.27. The molecule has 0 saturated carbocycles. The fraction of sp³-hybridized carbons (Fsp3) is 0.333. The summed E-state index contributed by atoms with van der Waals surface area (Å²) in [5.74, 6) is 0.397. The summed E-state index contributed by atoms with van der Waals surface area (Å²) in [6, 6.07) is 6.90. The normalized spacial score (nSPS) is 13.8. The van der Waals surface area contributed by atoms with E-state index in [0.29, 0.717) is 15.9 Å². The first-order chi connectivity index (χ1) is 10.6. The molecule has 124 valence electrons. The van der Waals surface area contributed by atoms with Crippen molar-refractivity contribution < 1.29 is 9.53 Å². The van der Waals surface area contributed by atoms with Crippen LogP contribution in [-0.4, -0.2) is 36.0 Å². The Morgan fingerprint density at radius 1 is 1.43 bits per heavy atom. The van der Waals surface area contributed by atoms with E-state index < -0.39 is 0 Å². The second-order valence-corrected chi connectivity index (χ2v) is 6.69. The second-order valence-electron chi connectivity index (χ2n) is 5.17. The molecule has 0 bridgehead atoms. The van der Waals surface area contributed by atoms with Crippen LogP contribution in [0.15, 0.2) is 24.3 Å². The quantitative estimate of drug-likeness (QED) is 0.893. The number of likely N-dealkylation sites (N-methyl/N-ethyl adjacent to an activating group) is 1. The Bertz CT molecular complexity index is 676. The van der Waals surface area contributed by atoms with Crippen molar-refractivity contribution in [3.05, 3.63) is 39.9 Å². The molecule has 1 N–H and O–H groups in total. The molecule has 8 heteroatoms. The van der Waals surface area contributed by atoms with Gasteiger partial charge in [-0.15, -0.1) is 23.7 Å². The Balaban J connectivity index is 0.00000192. The monoisotopic (exact) mass is 373 g/mol. The minimum atomic E-state index is -0.214. The third kappa shape index (κ3) is 4.81. The van der Waals surface area contributed by atoms with Crippen molar-refractivity contribution in [1.82, 2.24) is 9.88 Å². The van der Waals surface area contributed by atoms with E-state index in [0.717, 1.165) is 25.2 Å². The van der Waals surface area contributed by atoms with Crippen LogP contribution in [0.5, 0.6) is 5.75 Å². The fourth-order valence-corrected chi connectivity index (χ4v) is 3.44. The predicted octanol–water partition coefficient (Wildman–Crippen LogP) is 3.22. The molecule has 0 unspecified atom stereocenters. The SMILES string of the molecule is CN1CCc2nc(NC(=O)COc3ccc(Cl)cc3)sc2C1.Cl. The number of fused-ring (bicyclic) bond motifs is 1. The summed E-state index contributed by atoms with van der Waals surface area (Å²) < 4.78 is 5.41. The van der Waals surface area contributed by atoms with Crippen LogP contribution in [0.3, 0.4) is 0 Å². The van der Waals surface area contributed by atoms with Crippen LogP contribution in [-0.2, 0) is 17.8 Å². The van der Waals surface area contributed by atoms with E-state index in [-0.39, 0.29) is 24.9 Å². The van der Waals surface area contributed by atoms with Crippen molar-refractivity contribution in [1.29, 1.82) is 0 Å². The van der Waals surface area contributed by atoms with Crippen molar-refractivity contribution in [3.8, 4) is 5.75 Å². The minimum Gasteiger partial charge on any atom is -0.484 e. The standard InChI is InChI=1S/C15H16ClN3O2S.ClH/c1-19-7-6-12-13(8-19)22-15(17-12)18-14(20)9-21-11-4-2-10(16)3-5-11;/h2-5H,6-9H2,1H3,(H,17,18,20);1H. The maximum absolute atomic E-state index is 11.9. The Hall–Kier alpha value is -1.34. The maximum atomic E-state index is 11.9. The van der Waals surface area contributed by atoms with Crippen molar-refractivity contribution in [3.63, 3.8) is 0 Å². The van der Waals surface area contributed by atoms with E-state index in [1.807, 2.05) is 0 Å². The first-order valence-corrected chi connectivity index (χ1v) is 8.15. The maximum Gasteiger partial charge on any atom is 0.264 e. The van der Waals surface area contributed by atoms with Gasteiger partial charge in [0.1, 0.15) is 5.75 Å². The molecule has 3 rings (SSSR count). The number of amides is 1. The van der Waals surface area contributed by atoms with E-state index in [1.165, 1.54) is 16.2 Å². The second kappa shape index (κ2) is 7.97. The molecule has 0 atom stereocenters. The fourth-order valence-electron chi connectivity index (χ4n) is 2.21. The number of nitrogens with zero attached hydrogens (tertiary/aromatic N) is 2. The highest BCUT2D eigenvalue weighted by Gasteiger charge is 2.19. The van der Waals surface area contributed by atoms with Crippen molar-refractivity contribution in [2.24, 2.45) is 0 Å². The molecular formula is C15H17Cl2N3O2S. The first-order valence-electron chi connectivity index (χ1n) is 6.95. The Kier molecular flexibility index (Phi) is 6.24. The van der Waals surface area contributed by atoms with Gasteiger partial charge in [-0.3, -0.25) is 10.1 Å². The van der Waals surface area contributed by atoms with Crippen LogP contribution in [0, 0.1) is 0 Å². The smallest absolute Gasteiger partial charge is 0.264 e. The summed E-state index contributed by atoms with van der Waals surface area (Å²) in [6.45, 7) is 1.85. The van der Waals surface area contributed by atoms with Gasteiger partial charge in [-0.25, -0.2) is 4.98 Å². The molecular weight excluding hydrogens is 357 g/mol. The van der Waals surface area contributed by atoms with Crippen LogP contribution >= 0.6 is 35.3 Å². The van der Waals surface area contributed by atoms with Crippen LogP contribution in [0.4, 0.5) is 5.13 Å². The molecule has 0 fully saturated rings. The number of anilines is 1. The third-order valence-corrected chi connectivity index (χ3v) is 4.60. The molecule has 0 saturated heterocycles. The number of benzene rings is 1. The average molecular weight is 374 g/mol. The van der Waals surface area contributed by atoms with Crippen LogP contribution in [0.1, 0.15) is 10.6 Å². The number of ether oxygens (including phenoxy) is 1. The largest absolute Gasteiger partial charge is 0.484 e. The van der Waals surface area contributed by atoms with Gasteiger partial charge in [-0.1, -0.05) is 11.6 Å². The molecule has 1 aromatic carbocycles. The van der Waals surface area contributed by atoms with Crippen LogP contribution in [0.25, 0.3) is 0 Å². The lowest BCUT2D eigenvalue weighted by Gasteiger charge is -2.20. The summed E-state index contributed by atoms with van der Waals surface area (Å²) in [5.41, 5.74) is 1.09. The highest BCUT2D eigenvalue weighted by molar-refractivity contribution is 7.15. The lowest BCUT2D eigenvalue weighted by molar-refractivity contribution is -0.118. The van der Waals surface area contributed by atoms with E-state index in [1.54, 1.807) is 24.3 Å². The number of thiazole rings is 1. The molecule has 23 heavy (non-hydrogen) atoms. The molecule has 2 aromatic rings. The number of hydrogen-bond acceptors (Lipinski definition) is 5. The highest BCUT2D eigenvalue weighted by atomic mass is 35.5. The summed E-state index contributed by atoms with van der Waals surface area (Å²) in [5, 5.41) is 4.07. The number of rotatable bonds is 4. The summed E-state index contributed by atoms with van der Waals surface area (Å²) in [6.07, 6.45) is 0.930. The van der Waals surface area contributed by atoms with Gasteiger partial charge in [-0.05, 0) is 31.3 Å². The minimum absolute atomic E-state index is 0. The van der Waals surface area contributed by atoms with E-state index >= 15 is 0 Å². The molecule has 0 aliphatic carbocycles. The van der Waals surface area contributed by atoms with Gasteiger partial charge in [-0.2, -0.15) is 0 Å². The van der Waals surface area contributed by atoms with Crippen molar-refractivity contribution in [2.45, 2.75) is 13.0 Å². The number of carbonyl (C=O) groups excluding carboxylic acids is 1. The molecule has 1 aliphatic heterocycles. The van der Waals surface area contributed by atoms with Crippen LogP contribution < -0.4 is 10.1 Å². The van der Waals surface area contributed by atoms with Gasteiger partial charge in [0.25, 0.3) is 5.91 Å². The zero-order chi connectivity index (χ0) is 15.5. The van der Waals surface area contributed by atoms with E-state index in [2.05, 4.69) is 22.2 Å². The van der Waals surface area contributed by atoms with Gasteiger partial charge in [0.15, 0.2) is 11.7 Å². The number of nitrogens with one attached hydrogen (secondary N) is 1. The number of carbonyl (C=O) groups is 1. The van der Waals surface area contributed by atoms with Gasteiger partial charge in [0.05, 0.1) is 5.69 Å².